The third kappa shape index (κ3) is 1.79. The van der Waals surface area contributed by atoms with Gasteiger partial charge in [-0.3, -0.25) is 0 Å². The van der Waals surface area contributed by atoms with E-state index in [9.17, 15) is 4.39 Å². The summed E-state index contributed by atoms with van der Waals surface area (Å²) < 4.78 is 13.3. The Morgan fingerprint density at radius 3 is 2.80 bits per heavy atom. The molecule has 0 aliphatic carbocycles. The Morgan fingerprint density at radius 2 is 2.30 bits per heavy atom. The zero-order chi connectivity index (χ0) is 7.56. The van der Waals surface area contributed by atoms with Crippen LogP contribution in [0.2, 0.25) is 0 Å². The van der Waals surface area contributed by atoms with Gasteiger partial charge in [-0.15, -0.1) is 11.6 Å². The first-order valence-corrected chi connectivity index (χ1v) is 4.22. The van der Waals surface area contributed by atoms with Gasteiger partial charge in [0.15, 0.2) is 0 Å². The van der Waals surface area contributed by atoms with E-state index in [4.69, 9.17) is 11.6 Å². The van der Waals surface area contributed by atoms with E-state index in [0.717, 1.165) is 3.57 Å². The Kier molecular flexibility index (Phi) is 2.85. The molecule has 0 radical (unpaired) electrons. The van der Waals surface area contributed by atoms with Crippen LogP contribution >= 0.6 is 34.2 Å². The Hall–Kier alpha value is 0.1000. The van der Waals surface area contributed by atoms with Gasteiger partial charge in [-0.25, -0.2) is 4.98 Å². The minimum Gasteiger partial charge on any atom is -0.222 e. The summed E-state index contributed by atoms with van der Waals surface area (Å²) >= 11 is 7.53. The second-order valence-corrected chi connectivity index (χ2v) is 3.13. The first-order valence-electron chi connectivity index (χ1n) is 2.61. The lowest BCUT2D eigenvalue weighted by atomic mass is 10.4. The SMILES string of the molecule is Fc1ccc(I)c(CCl)n1. The molecule has 1 nitrogen and oxygen atoms in total. The van der Waals surface area contributed by atoms with Crippen molar-refractivity contribution in [3.63, 3.8) is 0 Å². The van der Waals surface area contributed by atoms with Crippen molar-refractivity contribution in [2.45, 2.75) is 5.88 Å². The van der Waals surface area contributed by atoms with Gasteiger partial charge in [0.2, 0.25) is 5.95 Å². The minimum absolute atomic E-state index is 0.260. The number of halogens is 3. The first kappa shape index (κ1) is 8.20. The molecule has 0 saturated heterocycles. The Bertz CT molecular complexity index is 241. The second kappa shape index (κ2) is 3.48. The fourth-order valence-corrected chi connectivity index (χ4v) is 1.47. The van der Waals surface area contributed by atoms with Crippen molar-refractivity contribution in [3.05, 3.63) is 27.3 Å². The molecule has 0 N–H and O–H groups in total. The quantitative estimate of drug-likeness (QED) is 0.435. The van der Waals surface area contributed by atoms with E-state index >= 15 is 0 Å². The maximum atomic E-state index is 12.4. The molecule has 4 heteroatoms. The molecule has 0 fully saturated rings. The maximum absolute atomic E-state index is 12.4. The fraction of sp³-hybridized carbons (Fsp3) is 0.167. The highest BCUT2D eigenvalue weighted by atomic mass is 127. The Morgan fingerprint density at radius 1 is 1.60 bits per heavy atom. The van der Waals surface area contributed by atoms with Gasteiger partial charge in [0, 0.05) is 3.57 Å². The van der Waals surface area contributed by atoms with Gasteiger partial charge in [-0.05, 0) is 34.7 Å². The van der Waals surface area contributed by atoms with E-state index in [1.165, 1.54) is 6.07 Å². The summed E-state index contributed by atoms with van der Waals surface area (Å²) in [7, 11) is 0. The van der Waals surface area contributed by atoms with Crippen LogP contribution in [0, 0.1) is 9.52 Å². The summed E-state index contributed by atoms with van der Waals surface area (Å²) in [6.45, 7) is 0. The third-order valence-electron chi connectivity index (χ3n) is 1.01. The standard InChI is InChI=1S/C6H4ClFIN/c7-3-5-4(9)1-2-6(8)10-5/h1-2H,3H2. The number of nitrogens with zero attached hydrogens (tertiary/aromatic N) is 1. The first-order chi connectivity index (χ1) is 4.74. The van der Waals surface area contributed by atoms with E-state index in [2.05, 4.69) is 27.6 Å². The second-order valence-electron chi connectivity index (χ2n) is 1.70. The topological polar surface area (TPSA) is 12.9 Å². The predicted molar refractivity (Wildman–Crippen MR) is 46.5 cm³/mol. The molecule has 54 valence electrons. The summed E-state index contributed by atoms with van der Waals surface area (Å²) in [6, 6.07) is 2.97. The van der Waals surface area contributed by atoms with Gasteiger partial charge in [-0.2, -0.15) is 4.39 Å². The largest absolute Gasteiger partial charge is 0.222 e. The molecule has 0 aromatic carbocycles. The molecule has 1 rings (SSSR count). The summed E-state index contributed by atoms with van der Waals surface area (Å²) in [5, 5.41) is 0. The lowest BCUT2D eigenvalue weighted by Crippen LogP contribution is -1.92. The third-order valence-corrected chi connectivity index (χ3v) is 2.25. The zero-order valence-corrected chi connectivity index (χ0v) is 7.86. The average Bonchev–Trinajstić information content (AvgIpc) is 1.94. The van der Waals surface area contributed by atoms with Crippen molar-refractivity contribution < 1.29 is 4.39 Å². The van der Waals surface area contributed by atoms with Crippen molar-refractivity contribution in [2.75, 3.05) is 0 Å². The number of hydrogen-bond donors (Lipinski definition) is 0. The summed E-state index contributed by atoms with van der Waals surface area (Å²) in [5.74, 6) is -0.216. The van der Waals surface area contributed by atoms with Crippen molar-refractivity contribution in [2.24, 2.45) is 0 Å². The molecule has 10 heavy (non-hydrogen) atoms. The molecular formula is C6H4ClFIN. The molecule has 0 atom stereocenters. The minimum atomic E-state index is -0.476. The number of pyridine rings is 1. The zero-order valence-electron chi connectivity index (χ0n) is 4.94. The smallest absolute Gasteiger partial charge is 0.213 e. The van der Waals surface area contributed by atoms with Gasteiger partial charge in [0.1, 0.15) is 0 Å². The van der Waals surface area contributed by atoms with E-state index in [1.54, 1.807) is 6.07 Å². The van der Waals surface area contributed by atoms with Crippen molar-refractivity contribution in [1.82, 2.24) is 4.98 Å². The molecule has 0 aliphatic rings. The van der Waals surface area contributed by atoms with E-state index in [-0.39, 0.29) is 5.88 Å². The maximum Gasteiger partial charge on any atom is 0.213 e. The van der Waals surface area contributed by atoms with Gasteiger partial charge in [0.25, 0.3) is 0 Å². The lowest BCUT2D eigenvalue weighted by Gasteiger charge is -1.96. The highest BCUT2D eigenvalue weighted by molar-refractivity contribution is 14.1. The van der Waals surface area contributed by atoms with Crippen LogP contribution in [0.25, 0.3) is 0 Å². The van der Waals surface area contributed by atoms with Crippen molar-refractivity contribution in [3.8, 4) is 0 Å². The predicted octanol–water partition coefficient (Wildman–Crippen LogP) is 2.56. The number of rotatable bonds is 1. The van der Waals surface area contributed by atoms with Crippen LogP contribution < -0.4 is 0 Å². The van der Waals surface area contributed by atoms with Crippen LogP contribution in [0.3, 0.4) is 0 Å². The number of aromatic nitrogens is 1. The lowest BCUT2D eigenvalue weighted by molar-refractivity contribution is 0.578. The van der Waals surface area contributed by atoms with Crippen LogP contribution in [0.1, 0.15) is 5.69 Å². The van der Waals surface area contributed by atoms with E-state index < -0.39 is 5.95 Å². The summed E-state index contributed by atoms with van der Waals surface area (Å²) in [5.41, 5.74) is 0.599. The van der Waals surface area contributed by atoms with Gasteiger partial charge in [-0.1, -0.05) is 0 Å². The normalized spacial score (nSPS) is 9.90. The van der Waals surface area contributed by atoms with Crippen LogP contribution in [-0.4, -0.2) is 4.98 Å². The van der Waals surface area contributed by atoms with Gasteiger partial charge >= 0.3 is 0 Å². The molecule has 0 spiro atoms. The molecule has 0 bridgehead atoms. The fourth-order valence-electron chi connectivity index (χ4n) is 0.551. The summed E-state index contributed by atoms with van der Waals surface area (Å²) in [6.07, 6.45) is 0. The summed E-state index contributed by atoms with van der Waals surface area (Å²) in [4.78, 5) is 3.59. The highest BCUT2D eigenvalue weighted by Gasteiger charge is 2.00. The Balaban J connectivity index is 3.09. The molecule has 1 aromatic rings. The molecule has 0 aliphatic heterocycles. The van der Waals surface area contributed by atoms with Crippen LogP contribution in [0.15, 0.2) is 12.1 Å². The number of alkyl halides is 1. The Labute approximate surface area is 76.7 Å². The monoisotopic (exact) mass is 271 g/mol. The van der Waals surface area contributed by atoms with Crippen LogP contribution in [0.5, 0.6) is 0 Å². The number of hydrogen-bond acceptors (Lipinski definition) is 1. The molecule has 0 amide bonds. The molecule has 1 heterocycles. The van der Waals surface area contributed by atoms with Crippen molar-refractivity contribution in [1.29, 1.82) is 0 Å². The van der Waals surface area contributed by atoms with E-state index in [1.807, 2.05) is 0 Å². The molecule has 0 saturated carbocycles. The van der Waals surface area contributed by atoms with Crippen LogP contribution in [-0.2, 0) is 5.88 Å². The van der Waals surface area contributed by atoms with Gasteiger partial charge < -0.3 is 0 Å². The molecular weight excluding hydrogens is 267 g/mol. The van der Waals surface area contributed by atoms with Crippen molar-refractivity contribution >= 4 is 34.2 Å². The molecule has 0 unspecified atom stereocenters. The van der Waals surface area contributed by atoms with E-state index in [0.29, 0.717) is 5.69 Å². The van der Waals surface area contributed by atoms with Gasteiger partial charge in [0.05, 0.1) is 11.6 Å². The van der Waals surface area contributed by atoms with Crippen LogP contribution in [0.4, 0.5) is 4.39 Å². The highest BCUT2D eigenvalue weighted by Crippen LogP contribution is 2.11. The molecule has 1 aromatic heterocycles. The average molecular weight is 271 g/mol.